The lowest BCUT2D eigenvalue weighted by Gasteiger charge is -2.40. The number of hydrogen-bond donors (Lipinski definition) is 1. The van der Waals surface area contributed by atoms with E-state index in [9.17, 15) is 13.2 Å². The smallest absolute Gasteiger partial charge is 0.305 e. The Bertz CT molecular complexity index is 403. The largest absolute Gasteiger partial charge is 0.401 e. The van der Waals surface area contributed by atoms with Crippen LogP contribution >= 0.6 is 11.3 Å². The summed E-state index contributed by atoms with van der Waals surface area (Å²) in [5, 5.41) is 4.71. The summed E-state index contributed by atoms with van der Waals surface area (Å²) in [6.07, 6.45) is -3.36. The molecule has 0 aliphatic carbocycles. The summed E-state index contributed by atoms with van der Waals surface area (Å²) in [5.41, 5.74) is 0. The first-order chi connectivity index (χ1) is 9.35. The second-order valence-electron chi connectivity index (χ2n) is 5.69. The first-order valence-corrected chi connectivity index (χ1v) is 7.80. The van der Waals surface area contributed by atoms with Crippen LogP contribution in [0.1, 0.15) is 31.1 Å². The molecule has 1 aliphatic rings. The highest BCUT2D eigenvalue weighted by atomic mass is 32.1. The molecule has 2 atom stereocenters. The van der Waals surface area contributed by atoms with Gasteiger partial charge < -0.3 is 5.32 Å². The van der Waals surface area contributed by atoms with Crippen molar-refractivity contribution >= 4 is 11.3 Å². The Hall–Kier alpha value is -0.590. The van der Waals surface area contributed by atoms with Crippen LogP contribution in [0, 0.1) is 0 Å². The topological polar surface area (TPSA) is 15.3 Å². The molecule has 0 saturated carbocycles. The third-order valence-electron chi connectivity index (χ3n) is 3.75. The third-order valence-corrected chi connectivity index (χ3v) is 4.78. The molecular formula is C14H21F3N2S. The average Bonchev–Trinajstić information content (AvgIpc) is 2.89. The van der Waals surface area contributed by atoms with Gasteiger partial charge in [-0.15, -0.1) is 11.3 Å². The quantitative estimate of drug-likeness (QED) is 0.916. The second-order valence-corrected chi connectivity index (χ2v) is 6.67. The van der Waals surface area contributed by atoms with Crippen LogP contribution in [-0.4, -0.2) is 42.8 Å². The molecule has 20 heavy (non-hydrogen) atoms. The van der Waals surface area contributed by atoms with Crippen molar-refractivity contribution in [2.45, 2.75) is 44.4 Å². The number of alkyl halides is 3. The maximum atomic E-state index is 12.4. The number of hydrogen-bond acceptors (Lipinski definition) is 3. The molecule has 1 saturated heterocycles. The van der Waals surface area contributed by atoms with E-state index in [0.717, 1.165) is 13.0 Å². The zero-order valence-corrected chi connectivity index (χ0v) is 12.6. The number of halogens is 3. The fourth-order valence-corrected chi connectivity index (χ4v) is 3.53. The second kappa shape index (κ2) is 6.45. The van der Waals surface area contributed by atoms with Gasteiger partial charge >= 0.3 is 6.18 Å². The van der Waals surface area contributed by atoms with Crippen molar-refractivity contribution in [2.24, 2.45) is 0 Å². The van der Waals surface area contributed by atoms with Crippen molar-refractivity contribution in [1.29, 1.82) is 0 Å². The fourth-order valence-electron chi connectivity index (χ4n) is 2.69. The molecule has 0 amide bonds. The van der Waals surface area contributed by atoms with E-state index in [1.165, 1.54) is 4.88 Å². The molecule has 1 aromatic rings. The Morgan fingerprint density at radius 1 is 1.40 bits per heavy atom. The molecule has 0 spiro atoms. The minimum absolute atomic E-state index is 0.0973. The third kappa shape index (κ3) is 4.46. The average molecular weight is 306 g/mol. The van der Waals surface area contributed by atoms with Crippen LogP contribution in [0.25, 0.3) is 0 Å². The van der Waals surface area contributed by atoms with Crippen LogP contribution in [0.4, 0.5) is 13.2 Å². The van der Waals surface area contributed by atoms with Gasteiger partial charge in [0.1, 0.15) is 0 Å². The first kappa shape index (κ1) is 15.8. The Morgan fingerprint density at radius 3 is 2.70 bits per heavy atom. The number of thiophene rings is 1. The molecule has 2 rings (SSSR count). The predicted octanol–water partition coefficient (Wildman–Crippen LogP) is 3.47. The highest BCUT2D eigenvalue weighted by Gasteiger charge is 2.33. The van der Waals surface area contributed by atoms with Gasteiger partial charge in [-0.2, -0.15) is 13.2 Å². The molecule has 0 radical (unpaired) electrons. The number of piperidine rings is 1. The zero-order valence-electron chi connectivity index (χ0n) is 11.8. The molecule has 2 heterocycles. The normalized spacial score (nSPS) is 25.3. The Kier molecular flexibility index (Phi) is 5.09. The maximum Gasteiger partial charge on any atom is 0.401 e. The van der Waals surface area contributed by atoms with Gasteiger partial charge in [0.25, 0.3) is 0 Å². The van der Waals surface area contributed by atoms with E-state index in [-0.39, 0.29) is 6.04 Å². The van der Waals surface area contributed by atoms with Gasteiger partial charge in [-0.3, -0.25) is 4.90 Å². The minimum Gasteiger partial charge on any atom is -0.305 e. The number of nitrogens with one attached hydrogen (secondary N) is 1. The number of nitrogens with zero attached hydrogens (tertiary/aromatic N) is 1. The van der Waals surface area contributed by atoms with E-state index in [1.807, 2.05) is 11.4 Å². The summed E-state index contributed by atoms with van der Waals surface area (Å²) in [5.74, 6) is 0.330. The standard InChI is InChI=1S/C14H21F3N2S/c1-10(2)19-7-11(13-4-3-5-20-13)6-12(8-19)18-9-14(15,16)17/h3-5,10-12,18H,6-9H2,1-2H3. The highest BCUT2D eigenvalue weighted by molar-refractivity contribution is 7.10. The molecule has 1 aromatic heterocycles. The van der Waals surface area contributed by atoms with Crippen molar-refractivity contribution in [3.63, 3.8) is 0 Å². The van der Waals surface area contributed by atoms with Crippen LogP contribution in [0.3, 0.4) is 0 Å². The molecule has 6 heteroatoms. The van der Waals surface area contributed by atoms with Crippen LogP contribution in [0.5, 0.6) is 0 Å². The van der Waals surface area contributed by atoms with E-state index >= 15 is 0 Å². The van der Waals surface area contributed by atoms with Crippen molar-refractivity contribution < 1.29 is 13.2 Å². The lowest BCUT2D eigenvalue weighted by molar-refractivity contribution is -0.127. The molecular weight excluding hydrogens is 285 g/mol. The summed E-state index contributed by atoms with van der Waals surface area (Å²) in [4.78, 5) is 3.54. The summed E-state index contributed by atoms with van der Waals surface area (Å²) in [6, 6.07) is 4.35. The van der Waals surface area contributed by atoms with Gasteiger partial charge in [0.2, 0.25) is 0 Å². The Labute approximate surface area is 122 Å². The summed E-state index contributed by atoms with van der Waals surface area (Å²) >= 11 is 1.69. The van der Waals surface area contributed by atoms with Gasteiger partial charge in [-0.05, 0) is 31.7 Å². The number of likely N-dealkylation sites (tertiary alicyclic amines) is 1. The maximum absolute atomic E-state index is 12.4. The van der Waals surface area contributed by atoms with E-state index in [2.05, 4.69) is 30.1 Å². The first-order valence-electron chi connectivity index (χ1n) is 6.92. The molecule has 0 bridgehead atoms. The lowest BCUT2D eigenvalue weighted by Crippen LogP contribution is -2.52. The summed E-state index contributed by atoms with van der Waals surface area (Å²) in [6.45, 7) is 4.91. The molecule has 1 aliphatic heterocycles. The molecule has 1 N–H and O–H groups in total. The SMILES string of the molecule is CC(C)N1CC(NCC(F)(F)F)CC(c2cccs2)C1. The lowest BCUT2D eigenvalue weighted by atomic mass is 9.92. The van der Waals surface area contributed by atoms with Crippen LogP contribution in [0.2, 0.25) is 0 Å². The monoisotopic (exact) mass is 306 g/mol. The van der Waals surface area contributed by atoms with Gasteiger partial charge in [-0.1, -0.05) is 6.07 Å². The Morgan fingerprint density at radius 2 is 2.15 bits per heavy atom. The van der Waals surface area contributed by atoms with Crippen LogP contribution < -0.4 is 5.32 Å². The predicted molar refractivity (Wildman–Crippen MR) is 76.2 cm³/mol. The van der Waals surface area contributed by atoms with Gasteiger partial charge in [0, 0.05) is 36.0 Å². The summed E-state index contributed by atoms with van der Waals surface area (Å²) in [7, 11) is 0. The van der Waals surface area contributed by atoms with Crippen molar-refractivity contribution in [2.75, 3.05) is 19.6 Å². The Balaban J connectivity index is 2.01. The van der Waals surface area contributed by atoms with Crippen LogP contribution in [0.15, 0.2) is 17.5 Å². The van der Waals surface area contributed by atoms with Crippen LogP contribution in [-0.2, 0) is 0 Å². The van der Waals surface area contributed by atoms with E-state index in [4.69, 9.17) is 0 Å². The number of rotatable bonds is 4. The van der Waals surface area contributed by atoms with E-state index in [0.29, 0.717) is 18.5 Å². The van der Waals surface area contributed by atoms with Crippen molar-refractivity contribution in [3.05, 3.63) is 22.4 Å². The fraction of sp³-hybridized carbons (Fsp3) is 0.714. The summed E-state index contributed by atoms with van der Waals surface area (Å²) < 4.78 is 37.1. The zero-order chi connectivity index (χ0) is 14.8. The van der Waals surface area contributed by atoms with E-state index < -0.39 is 12.7 Å². The highest BCUT2D eigenvalue weighted by Crippen LogP contribution is 2.31. The van der Waals surface area contributed by atoms with Crippen molar-refractivity contribution in [3.8, 4) is 0 Å². The van der Waals surface area contributed by atoms with E-state index in [1.54, 1.807) is 11.3 Å². The van der Waals surface area contributed by atoms with Crippen molar-refractivity contribution in [1.82, 2.24) is 10.2 Å². The molecule has 114 valence electrons. The molecule has 2 unspecified atom stereocenters. The van der Waals surface area contributed by atoms with Gasteiger partial charge in [-0.25, -0.2) is 0 Å². The van der Waals surface area contributed by atoms with Gasteiger partial charge in [0.05, 0.1) is 6.54 Å². The molecule has 0 aromatic carbocycles. The molecule has 2 nitrogen and oxygen atoms in total. The molecule has 1 fully saturated rings. The van der Waals surface area contributed by atoms with Gasteiger partial charge in [0.15, 0.2) is 0 Å². The minimum atomic E-state index is -4.14.